The lowest BCUT2D eigenvalue weighted by molar-refractivity contribution is 0.300. The van der Waals surface area contributed by atoms with E-state index < -0.39 is 7.12 Å². The van der Waals surface area contributed by atoms with Gasteiger partial charge in [-0.15, -0.1) is 0 Å². The Hall–Kier alpha value is -2.31. The number of aromatic nitrogens is 2. The molecule has 3 aromatic rings. The third kappa shape index (κ3) is 3.07. The van der Waals surface area contributed by atoms with Crippen LogP contribution >= 0.6 is 0 Å². The summed E-state index contributed by atoms with van der Waals surface area (Å²) in [6.07, 6.45) is 1.80. The molecule has 0 bridgehead atoms. The molecule has 0 unspecified atom stereocenters. The molecular formula is C15H15BN2O3. The van der Waals surface area contributed by atoms with Gasteiger partial charge in [0.2, 0.25) is 0 Å². The van der Waals surface area contributed by atoms with Gasteiger partial charge in [-0.25, -0.2) is 4.98 Å². The minimum atomic E-state index is -1.45. The molecule has 21 heavy (non-hydrogen) atoms. The summed E-state index contributed by atoms with van der Waals surface area (Å²) >= 11 is 0. The molecule has 0 aliphatic carbocycles. The first-order chi connectivity index (χ1) is 10.2. The number of hydrogen-bond acceptors (Lipinski definition) is 4. The maximum atomic E-state index is 9.02. The Kier molecular flexibility index (Phi) is 3.90. The Balaban J connectivity index is 1.61. The highest BCUT2D eigenvalue weighted by Crippen LogP contribution is 2.12. The first kappa shape index (κ1) is 13.7. The van der Waals surface area contributed by atoms with Crippen molar-refractivity contribution in [2.45, 2.75) is 6.54 Å². The van der Waals surface area contributed by atoms with Crippen molar-refractivity contribution in [3.8, 4) is 5.75 Å². The summed E-state index contributed by atoms with van der Waals surface area (Å²) in [5, 5.41) is 18.0. The van der Waals surface area contributed by atoms with E-state index in [1.807, 2.05) is 28.8 Å². The lowest BCUT2D eigenvalue weighted by Crippen LogP contribution is -2.29. The molecule has 6 heteroatoms. The average molecular weight is 282 g/mol. The molecule has 5 nitrogen and oxygen atoms in total. The molecule has 2 N–H and O–H groups in total. The minimum absolute atomic E-state index is 0.447. The van der Waals surface area contributed by atoms with Gasteiger partial charge in [0.05, 0.1) is 23.9 Å². The van der Waals surface area contributed by atoms with Crippen LogP contribution in [0.4, 0.5) is 0 Å². The highest BCUT2D eigenvalue weighted by atomic mass is 16.5. The normalized spacial score (nSPS) is 10.8. The SMILES string of the molecule is OB(O)c1ccc(OCCn2cnc3ccccc32)cc1. The number of para-hydroxylation sites is 2. The summed E-state index contributed by atoms with van der Waals surface area (Å²) in [5.41, 5.74) is 2.50. The summed E-state index contributed by atoms with van der Waals surface area (Å²) in [7, 11) is -1.45. The van der Waals surface area contributed by atoms with Crippen LogP contribution in [0.25, 0.3) is 11.0 Å². The fraction of sp³-hybridized carbons (Fsp3) is 0.133. The van der Waals surface area contributed by atoms with Crippen LogP contribution < -0.4 is 10.2 Å². The molecule has 1 heterocycles. The quantitative estimate of drug-likeness (QED) is 0.679. The van der Waals surface area contributed by atoms with Gasteiger partial charge in [-0.1, -0.05) is 24.3 Å². The number of fused-ring (bicyclic) bond motifs is 1. The Labute approximate surface area is 122 Å². The third-order valence-corrected chi connectivity index (χ3v) is 3.31. The van der Waals surface area contributed by atoms with Crippen molar-refractivity contribution in [3.63, 3.8) is 0 Å². The van der Waals surface area contributed by atoms with Crippen LogP contribution in [-0.2, 0) is 6.54 Å². The van der Waals surface area contributed by atoms with Gasteiger partial charge in [0.25, 0.3) is 0 Å². The molecule has 0 fully saturated rings. The predicted octanol–water partition coefficient (Wildman–Crippen LogP) is 0.795. The average Bonchev–Trinajstić information content (AvgIpc) is 2.91. The van der Waals surface area contributed by atoms with E-state index in [2.05, 4.69) is 4.98 Å². The van der Waals surface area contributed by atoms with E-state index in [-0.39, 0.29) is 0 Å². The van der Waals surface area contributed by atoms with Crippen LogP contribution in [0.2, 0.25) is 0 Å². The van der Waals surface area contributed by atoms with E-state index in [9.17, 15) is 0 Å². The molecule has 0 saturated carbocycles. The first-order valence-corrected chi connectivity index (χ1v) is 6.73. The zero-order valence-corrected chi connectivity index (χ0v) is 11.4. The number of ether oxygens (including phenoxy) is 1. The van der Waals surface area contributed by atoms with Crippen molar-refractivity contribution >= 4 is 23.6 Å². The highest BCUT2D eigenvalue weighted by molar-refractivity contribution is 6.58. The molecule has 106 valence electrons. The van der Waals surface area contributed by atoms with Crippen LogP contribution in [0.1, 0.15) is 0 Å². The van der Waals surface area contributed by atoms with Gasteiger partial charge in [0.1, 0.15) is 12.4 Å². The zero-order chi connectivity index (χ0) is 14.7. The molecule has 0 atom stereocenters. The number of rotatable bonds is 5. The van der Waals surface area contributed by atoms with Gasteiger partial charge in [-0.2, -0.15) is 0 Å². The van der Waals surface area contributed by atoms with Crippen molar-refractivity contribution in [1.29, 1.82) is 0 Å². The minimum Gasteiger partial charge on any atom is -0.492 e. The van der Waals surface area contributed by atoms with Crippen LogP contribution in [-0.4, -0.2) is 33.3 Å². The molecule has 0 aliphatic heterocycles. The van der Waals surface area contributed by atoms with Crippen molar-refractivity contribution in [2.75, 3.05) is 6.61 Å². The first-order valence-electron chi connectivity index (χ1n) is 6.73. The molecule has 0 aliphatic rings. The molecule has 0 saturated heterocycles. The summed E-state index contributed by atoms with van der Waals surface area (Å²) < 4.78 is 7.69. The second kappa shape index (κ2) is 5.99. The Morgan fingerprint density at radius 1 is 1.05 bits per heavy atom. The van der Waals surface area contributed by atoms with Crippen LogP contribution in [0.5, 0.6) is 5.75 Å². The molecule has 0 spiro atoms. The second-order valence-electron chi connectivity index (χ2n) is 4.72. The zero-order valence-electron chi connectivity index (χ0n) is 11.4. The molecule has 2 aromatic carbocycles. The molecule has 1 aromatic heterocycles. The van der Waals surface area contributed by atoms with Gasteiger partial charge in [-0.05, 0) is 29.7 Å². The number of hydrogen-bond donors (Lipinski definition) is 2. The lowest BCUT2D eigenvalue weighted by Gasteiger charge is -2.08. The van der Waals surface area contributed by atoms with Crippen LogP contribution in [0.3, 0.4) is 0 Å². The van der Waals surface area contributed by atoms with Gasteiger partial charge < -0.3 is 19.4 Å². The fourth-order valence-electron chi connectivity index (χ4n) is 2.19. The second-order valence-corrected chi connectivity index (χ2v) is 4.72. The van der Waals surface area contributed by atoms with E-state index in [0.717, 1.165) is 11.0 Å². The van der Waals surface area contributed by atoms with E-state index in [4.69, 9.17) is 14.8 Å². The van der Waals surface area contributed by atoms with Crippen LogP contribution in [0, 0.1) is 0 Å². The van der Waals surface area contributed by atoms with Crippen molar-refractivity contribution < 1.29 is 14.8 Å². The van der Waals surface area contributed by atoms with E-state index in [1.54, 1.807) is 30.6 Å². The number of imidazole rings is 1. The maximum absolute atomic E-state index is 9.02. The van der Waals surface area contributed by atoms with Gasteiger partial charge in [0, 0.05) is 0 Å². The smallest absolute Gasteiger partial charge is 0.488 e. The summed E-state index contributed by atoms with van der Waals surface area (Å²) in [5.74, 6) is 0.698. The van der Waals surface area contributed by atoms with Gasteiger partial charge in [0.15, 0.2) is 0 Å². The Morgan fingerprint density at radius 2 is 1.81 bits per heavy atom. The summed E-state index contributed by atoms with van der Waals surface area (Å²) in [6.45, 7) is 1.21. The number of nitrogens with zero attached hydrogens (tertiary/aromatic N) is 2. The lowest BCUT2D eigenvalue weighted by atomic mass is 9.80. The predicted molar refractivity (Wildman–Crippen MR) is 81.5 cm³/mol. The highest BCUT2D eigenvalue weighted by Gasteiger charge is 2.09. The summed E-state index contributed by atoms with van der Waals surface area (Å²) in [4.78, 5) is 4.33. The van der Waals surface area contributed by atoms with Crippen LogP contribution in [0.15, 0.2) is 54.9 Å². The third-order valence-electron chi connectivity index (χ3n) is 3.31. The molecular weight excluding hydrogens is 267 g/mol. The monoisotopic (exact) mass is 282 g/mol. The standard InChI is InChI=1S/C15H15BN2O3/c19-16(20)12-5-7-13(8-6-12)21-10-9-18-11-17-14-3-1-2-4-15(14)18/h1-8,11,19-20H,9-10H2. The van der Waals surface area contributed by atoms with Gasteiger partial charge in [-0.3, -0.25) is 0 Å². The Bertz CT molecular complexity index is 725. The Morgan fingerprint density at radius 3 is 2.57 bits per heavy atom. The van der Waals surface area contributed by atoms with E-state index in [1.165, 1.54) is 0 Å². The molecule has 0 radical (unpaired) electrons. The fourth-order valence-corrected chi connectivity index (χ4v) is 2.19. The number of benzene rings is 2. The van der Waals surface area contributed by atoms with Crippen molar-refractivity contribution in [3.05, 3.63) is 54.9 Å². The van der Waals surface area contributed by atoms with E-state index in [0.29, 0.717) is 24.4 Å². The van der Waals surface area contributed by atoms with Crippen molar-refractivity contribution in [1.82, 2.24) is 9.55 Å². The molecule has 3 rings (SSSR count). The topological polar surface area (TPSA) is 67.5 Å². The largest absolute Gasteiger partial charge is 0.492 e. The maximum Gasteiger partial charge on any atom is 0.488 e. The van der Waals surface area contributed by atoms with Crippen molar-refractivity contribution in [2.24, 2.45) is 0 Å². The molecule has 0 amide bonds. The van der Waals surface area contributed by atoms with E-state index >= 15 is 0 Å². The van der Waals surface area contributed by atoms with Gasteiger partial charge >= 0.3 is 7.12 Å². The summed E-state index contributed by atoms with van der Waals surface area (Å²) in [6, 6.07) is 14.7.